The molecule has 2 heterocycles. The van der Waals surface area contributed by atoms with Gasteiger partial charge in [-0.1, -0.05) is 13.8 Å². The lowest BCUT2D eigenvalue weighted by atomic mass is 10.0. The van der Waals surface area contributed by atoms with Gasteiger partial charge in [0.1, 0.15) is 5.01 Å². The lowest BCUT2D eigenvalue weighted by molar-refractivity contribution is -0.136. The van der Waals surface area contributed by atoms with Gasteiger partial charge in [0.05, 0.1) is 18.6 Å². The molecule has 1 aromatic heterocycles. The van der Waals surface area contributed by atoms with Gasteiger partial charge in [-0.05, 0) is 32.1 Å². The van der Waals surface area contributed by atoms with Gasteiger partial charge in [0.15, 0.2) is 0 Å². The van der Waals surface area contributed by atoms with Crippen molar-refractivity contribution in [1.82, 2.24) is 15.2 Å². The molecule has 144 valence electrons. The van der Waals surface area contributed by atoms with Gasteiger partial charge in [-0.15, -0.1) is 36.2 Å². The molecule has 0 aliphatic carbocycles. The average molecular weight is 411 g/mol. The summed E-state index contributed by atoms with van der Waals surface area (Å²) < 4.78 is 0. The lowest BCUT2D eigenvalue weighted by Crippen LogP contribution is -2.49. The monoisotopic (exact) mass is 410 g/mol. The predicted octanol–water partition coefficient (Wildman–Crippen LogP) is 2.45. The van der Waals surface area contributed by atoms with Gasteiger partial charge in [-0.25, -0.2) is 4.98 Å². The Morgan fingerprint density at radius 1 is 1.40 bits per heavy atom. The predicted molar refractivity (Wildman–Crippen MR) is 105 cm³/mol. The fraction of sp³-hybridized carbons (Fsp3) is 0.688. The SMILES string of the molecule is Cc1csc(C2CCCCN2C(=O)CNC(=O)[C@@H](N)C(C)C)n1.Cl.Cl. The molecule has 1 unspecified atom stereocenters. The Labute approximate surface area is 165 Å². The van der Waals surface area contributed by atoms with Crippen molar-refractivity contribution in [3.63, 3.8) is 0 Å². The summed E-state index contributed by atoms with van der Waals surface area (Å²) in [5.41, 5.74) is 6.79. The van der Waals surface area contributed by atoms with E-state index in [4.69, 9.17) is 5.73 Å². The van der Waals surface area contributed by atoms with Crippen LogP contribution >= 0.6 is 36.2 Å². The molecule has 6 nitrogen and oxygen atoms in total. The van der Waals surface area contributed by atoms with Crippen molar-refractivity contribution < 1.29 is 9.59 Å². The van der Waals surface area contributed by atoms with Gasteiger partial charge in [0, 0.05) is 17.6 Å². The van der Waals surface area contributed by atoms with Gasteiger partial charge < -0.3 is 16.0 Å². The number of hydrogen-bond acceptors (Lipinski definition) is 5. The molecule has 2 amide bonds. The van der Waals surface area contributed by atoms with E-state index < -0.39 is 6.04 Å². The first-order valence-electron chi connectivity index (χ1n) is 8.15. The number of nitrogens with two attached hydrogens (primary N) is 1. The minimum absolute atomic E-state index is 0. The molecule has 1 aliphatic rings. The van der Waals surface area contributed by atoms with Gasteiger partial charge in [-0.2, -0.15) is 0 Å². The van der Waals surface area contributed by atoms with Crippen molar-refractivity contribution in [2.45, 2.75) is 52.1 Å². The third-order valence-corrected chi connectivity index (χ3v) is 5.24. The molecule has 1 aliphatic heterocycles. The molecule has 0 spiro atoms. The van der Waals surface area contributed by atoms with E-state index in [1.54, 1.807) is 11.3 Å². The smallest absolute Gasteiger partial charge is 0.242 e. The number of rotatable bonds is 5. The second kappa shape index (κ2) is 11.0. The largest absolute Gasteiger partial charge is 0.346 e. The highest BCUT2D eigenvalue weighted by Crippen LogP contribution is 2.32. The Morgan fingerprint density at radius 2 is 2.08 bits per heavy atom. The number of aryl methyl sites for hydroxylation is 1. The molecular formula is C16H28Cl2N4O2S. The minimum atomic E-state index is -0.582. The molecule has 1 aromatic rings. The summed E-state index contributed by atoms with van der Waals surface area (Å²) in [6, 6.07) is -0.549. The van der Waals surface area contributed by atoms with Crippen LogP contribution in [0.5, 0.6) is 0 Å². The highest BCUT2D eigenvalue weighted by atomic mass is 35.5. The first-order chi connectivity index (χ1) is 10.9. The van der Waals surface area contributed by atoms with E-state index in [1.165, 1.54) is 0 Å². The molecule has 0 bridgehead atoms. The molecule has 0 saturated carbocycles. The van der Waals surface area contributed by atoms with E-state index >= 15 is 0 Å². The molecule has 2 rings (SSSR count). The van der Waals surface area contributed by atoms with E-state index in [1.807, 2.05) is 31.1 Å². The zero-order valence-corrected chi connectivity index (χ0v) is 17.3. The third-order valence-electron chi connectivity index (χ3n) is 4.18. The van der Waals surface area contributed by atoms with E-state index in [0.717, 1.165) is 30.0 Å². The molecular weight excluding hydrogens is 383 g/mol. The molecule has 9 heteroatoms. The normalized spacial score (nSPS) is 18.1. The zero-order chi connectivity index (χ0) is 17.0. The van der Waals surface area contributed by atoms with E-state index in [0.29, 0.717) is 6.54 Å². The molecule has 0 radical (unpaired) electrons. The van der Waals surface area contributed by atoms with Crippen molar-refractivity contribution >= 4 is 48.0 Å². The Morgan fingerprint density at radius 3 is 2.64 bits per heavy atom. The standard InChI is InChI=1S/C16H26N4O2S.2ClH/c1-10(2)14(17)15(22)18-8-13(21)20-7-5-4-6-12(20)16-19-11(3)9-23-16;;/h9-10,12,14H,4-8,17H2,1-3H3,(H,18,22);2*1H/t12?,14-;;/m0../s1. The van der Waals surface area contributed by atoms with Gasteiger partial charge in [0.2, 0.25) is 11.8 Å². The van der Waals surface area contributed by atoms with E-state index in [2.05, 4.69) is 10.3 Å². The number of aromatic nitrogens is 1. The number of amides is 2. The van der Waals surface area contributed by atoms with Gasteiger partial charge in [0.25, 0.3) is 0 Å². The summed E-state index contributed by atoms with van der Waals surface area (Å²) in [5.74, 6) is -0.287. The van der Waals surface area contributed by atoms with Crippen LogP contribution in [0.4, 0.5) is 0 Å². The second-order valence-corrected chi connectivity index (χ2v) is 7.30. The van der Waals surface area contributed by atoms with Crippen LogP contribution in [0.1, 0.15) is 49.9 Å². The van der Waals surface area contributed by atoms with Crippen LogP contribution in [-0.4, -0.2) is 40.8 Å². The summed E-state index contributed by atoms with van der Waals surface area (Å²) in [4.78, 5) is 30.8. The number of hydrogen-bond donors (Lipinski definition) is 2. The molecule has 2 atom stereocenters. The summed E-state index contributed by atoms with van der Waals surface area (Å²) in [7, 11) is 0. The summed E-state index contributed by atoms with van der Waals surface area (Å²) in [6.45, 7) is 6.45. The lowest BCUT2D eigenvalue weighted by Gasteiger charge is -2.34. The van der Waals surface area contributed by atoms with Crippen molar-refractivity contribution in [3.05, 3.63) is 16.1 Å². The summed E-state index contributed by atoms with van der Waals surface area (Å²) >= 11 is 1.60. The average Bonchev–Trinajstić information content (AvgIpc) is 2.97. The van der Waals surface area contributed by atoms with Crippen molar-refractivity contribution in [3.8, 4) is 0 Å². The number of halogens is 2. The number of piperidine rings is 1. The van der Waals surface area contributed by atoms with Crippen LogP contribution in [0.15, 0.2) is 5.38 Å². The number of nitrogens with one attached hydrogen (secondary N) is 1. The molecule has 1 saturated heterocycles. The first kappa shape index (κ1) is 24.1. The highest BCUT2D eigenvalue weighted by molar-refractivity contribution is 7.09. The van der Waals surface area contributed by atoms with Crippen LogP contribution < -0.4 is 11.1 Å². The van der Waals surface area contributed by atoms with Crippen molar-refractivity contribution in [2.75, 3.05) is 13.1 Å². The quantitative estimate of drug-likeness (QED) is 0.779. The van der Waals surface area contributed by atoms with Crippen molar-refractivity contribution in [1.29, 1.82) is 0 Å². The van der Waals surface area contributed by atoms with Crippen molar-refractivity contribution in [2.24, 2.45) is 11.7 Å². The first-order valence-corrected chi connectivity index (χ1v) is 9.03. The maximum Gasteiger partial charge on any atom is 0.242 e. The number of nitrogens with zero attached hydrogens (tertiary/aromatic N) is 2. The summed E-state index contributed by atoms with van der Waals surface area (Å²) in [5, 5.41) is 5.66. The number of carbonyl (C=O) groups excluding carboxylic acids is 2. The van der Waals surface area contributed by atoms with Crippen LogP contribution in [0, 0.1) is 12.8 Å². The van der Waals surface area contributed by atoms with Gasteiger partial charge >= 0.3 is 0 Å². The van der Waals surface area contributed by atoms with Crippen LogP contribution in [0.3, 0.4) is 0 Å². The molecule has 0 aromatic carbocycles. The number of carbonyl (C=O) groups is 2. The maximum absolute atomic E-state index is 12.5. The Kier molecular flexibility index (Phi) is 10.6. The number of likely N-dealkylation sites (tertiary alicyclic amines) is 1. The molecule has 3 N–H and O–H groups in total. The number of thiazole rings is 1. The second-order valence-electron chi connectivity index (χ2n) is 6.41. The third kappa shape index (κ3) is 6.40. The Balaban J connectivity index is 0.00000288. The van der Waals surface area contributed by atoms with Crippen LogP contribution in [0.2, 0.25) is 0 Å². The Hall–Kier alpha value is -0.890. The Bertz CT molecular complexity index is 568. The summed E-state index contributed by atoms with van der Waals surface area (Å²) in [6.07, 6.45) is 3.02. The minimum Gasteiger partial charge on any atom is -0.346 e. The van der Waals surface area contributed by atoms with Crippen LogP contribution in [-0.2, 0) is 9.59 Å². The molecule has 25 heavy (non-hydrogen) atoms. The van der Waals surface area contributed by atoms with Gasteiger partial charge in [-0.3, -0.25) is 9.59 Å². The molecule has 1 fully saturated rings. The highest BCUT2D eigenvalue weighted by Gasteiger charge is 2.30. The fourth-order valence-electron chi connectivity index (χ4n) is 2.70. The van der Waals surface area contributed by atoms with Crippen LogP contribution in [0.25, 0.3) is 0 Å². The van der Waals surface area contributed by atoms with E-state index in [9.17, 15) is 9.59 Å². The zero-order valence-electron chi connectivity index (χ0n) is 14.9. The fourth-order valence-corrected chi connectivity index (χ4v) is 3.64. The van der Waals surface area contributed by atoms with E-state index in [-0.39, 0.29) is 55.1 Å². The maximum atomic E-state index is 12.5. The topological polar surface area (TPSA) is 88.3 Å².